The van der Waals surface area contributed by atoms with E-state index < -0.39 is 5.91 Å². The molecule has 2 N–H and O–H groups in total. The van der Waals surface area contributed by atoms with E-state index in [0.717, 1.165) is 36.3 Å². The highest BCUT2D eigenvalue weighted by Crippen LogP contribution is 2.24. The van der Waals surface area contributed by atoms with Crippen molar-refractivity contribution in [1.82, 2.24) is 9.47 Å². The summed E-state index contributed by atoms with van der Waals surface area (Å²) in [6.45, 7) is 3.89. The molecule has 1 fully saturated rings. The monoisotopic (exact) mass is 471 g/mol. The number of morpholine rings is 1. The van der Waals surface area contributed by atoms with Gasteiger partial charge in [0, 0.05) is 42.2 Å². The Morgan fingerprint density at radius 2 is 1.81 bits per heavy atom. The summed E-state index contributed by atoms with van der Waals surface area (Å²) in [6, 6.07) is 13.4. The second-order valence-corrected chi connectivity index (χ2v) is 9.18. The van der Waals surface area contributed by atoms with Gasteiger partial charge in [-0.3, -0.25) is 14.5 Å². The number of thioether (sulfide) groups is 1. The first-order valence-corrected chi connectivity index (χ1v) is 12.3. The van der Waals surface area contributed by atoms with Crippen molar-refractivity contribution in [3.63, 3.8) is 0 Å². The Labute approximate surface area is 196 Å². The number of amides is 1. The van der Waals surface area contributed by atoms with Crippen LogP contribution in [0.1, 0.15) is 27.2 Å². The Balaban J connectivity index is 1.84. The summed E-state index contributed by atoms with van der Waals surface area (Å²) in [6.07, 6.45) is 2.41. The van der Waals surface area contributed by atoms with Gasteiger partial charge in [0.1, 0.15) is 5.56 Å². The lowest BCUT2D eigenvalue weighted by Gasteiger charge is -2.27. The van der Waals surface area contributed by atoms with E-state index >= 15 is 0 Å². The second kappa shape index (κ2) is 10.1. The van der Waals surface area contributed by atoms with Crippen LogP contribution in [-0.4, -0.2) is 47.9 Å². The third-order valence-corrected chi connectivity index (χ3v) is 6.51. The number of primary amides is 1. The minimum atomic E-state index is -0.700. The van der Waals surface area contributed by atoms with Crippen LogP contribution in [0.25, 0.3) is 10.9 Å². The minimum Gasteiger partial charge on any atom is -0.379 e. The molecule has 0 unspecified atom stereocenters. The van der Waals surface area contributed by atoms with Crippen molar-refractivity contribution in [2.75, 3.05) is 32.6 Å². The van der Waals surface area contributed by atoms with Crippen molar-refractivity contribution in [3.8, 4) is 0 Å². The lowest BCUT2D eigenvalue weighted by molar-refractivity contribution is 0.0342. The van der Waals surface area contributed by atoms with E-state index in [2.05, 4.69) is 11.0 Å². The molecule has 0 radical (unpaired) electrons. The van der Waals surface area contributed by atoms with Crippen molar-refractivity contribution in [1.29, 1.82) is 0 Å². The molecule has 0 spiro atoms. The van der Waals surface area contributed by atoms with Gasteiger partial charge in [-0.2, -0.15) is 0 Å². The summed E-state index contributed by atoms with van der Waals surface area (Å²) in [5.41, 5.74) is 8.92. The highest BCUT2D eigenvalue weighted by Gasteiger charge is 2.22. The molecule has 1 aromatic heterocycles. The molecule has 2 heterocycles. The topological polar surface area (TPSA) is 77.6 Å². The lowest BCUT2D eigenvalue weighted by Crippen LogP contribution is -2.35. The van der Waals surface area contributed by atoms with Crippen LogP contribution in [-0.2, 0) is 23.6 Å². The molecular weight excluding hydrogens is 446 g/mol. The number of benzene rings is 2. The maximum Gasteiger partial charge on any atom is 0.254 e. The molecule has 8 heteroatoms. The van der Waals surface area contributed by atoms with Crippen molar-refractivity contribution >= 4 is 40.2 Å². The van der Waals surface area contributed by atoms with Gasteiger partial charge in [-0.1, -0.05) is 29.8 Å². The van der Waals surface area contributed by atoms with Gasteiger partial charge in [0.15, 0.2) is 0 Å². The number of carbonyl (C=O) groups excluding carboxylic acids is 1. The number of nitrogens with two attached hydrogens (primary N) is 1. The molecule has 4 rings (SSSR count). The third-order valence-electron chi connectivity index (χ3n) is 5.74. The van der Waals surface area contributed by atoms with Gasteiger partial charge in [-0.15, -0.1) is 11.8 Å². The molecule has 1 aliphatic rings. The van der Waals surface area contributed by atoms with Crippen LogP contribution < -0.4 is 11.2 Å². The average Bonchev–Trinajstić information content (AvgIpc) is 2.78. The molecule has 0 saturated carbocycles. The standard InChI is InChI=1S/C24H26ClN3O3S/c1-32-15-28-20-7-4-17(14-27-8-10-31-11-9-27)12-19(20)23(29)22(24(26)30)21(28)13-16-2-5-18(25)6-3-16/h2-7,12H,8-11,13-15H2,1H3,(H2,26,30). The zero-order chi connectivity index (χ0) is 22.7. The van der Waals surface area contributed by atoms with Crippen LogP contribution in [0.5, 0.6) is 0 Å². The Morgan fingerprint density at radius 1 is 1.12 bits per heavy atom. The summed E-state index contributed by atoms with van der Waals surface area (Å²) in [5, 5.41) is 1.16. The molecule has 3 aromatic rings. The Hall–Kier alpha value is -2.32. The number of carbonyl (C=O) groups is 1. The number of halogens is 1. The van der Waals surface area contributed by atoms with E-state index in [1.807, 2.05) is 35.1 Å². The molecule has 1 aliphatic heterocycles. The molecule has 2 aromatic carbocycles. The smallest absolute Gasteiger partial charge is 0.254 e. The summed E-state index contributed by atoms with van der Waals surface area (Å²) in [4.78, 5) is 28.2. The average molecular weight is 472 g/mol. The van der Waals surface area contributed by atoms with E-state index in [1.165, 1.54) is 0 Å². The fourth-order valence-electron chi connectivity index (χ4n) is 4.17. The molecule has 0 bridgehead atoms. The predicted molar refractivity (Wildman–Crippen MR) is 131 cm³/mol. The van der Waals surface area contributed by atoms with Crippen LogP contribution >= 0.6 is 23.4 Å². The summed E-state index contributed by atoms with van der Waals surface area (Å²) in [7, 11) is 0. The first-order valence-electron chi connectivity index (χ1n) is 10.5. The van der Waals surface area contributed by atoms with Gasteiger partial charge >= 0.3 is 0 Å². The molecular formula is C24H26ClN3O3S. The van der Waals surface area contributed by atoms with E-state index in [9.17, 15) is 9.59 Å². The second-order valence-electron chi connectivity index (χ2n) is 7.90. The first kappa shape index (κ1) is 22.9. The van der Waals surface area contributed by atoms with Crippen molar-refractivity contribution in [2.24, 2.45) is 5.73 Å². The molecule has 6 nitrogen and oxygen atoms in total. The van der Waals surface area contributed by atoms with Crippen LogP contribution in [0, 0.1) is 0 Å². The maximum atomic E-state index is 13.5. The minimum absolute atomic E-state index is 0.0602. The Morgan fingerprint density at radius 3 is 2.47 bits per heavy atom. The first-order chi connectivity index (χ1) is 15.5. The molecule has 168 valence electrons. The number of hydrogen-bond acceptors (Lipinski definition) is 5. The van der Waals surface area contributed by atoms with Gasteiger partial charge in [0.05, 0.1) is 24.6 Å². The summed E-state index contributed by atoms with van der Waals surface area (Å²) < 4.78 is 7.46. The Bertz CT molecular complexity index is 1190. The highest BCUT2D eigenvalue weighted by atomic mass is 35.5. The number of pyridine rings is 1. The quantitative estimate of drug-likeness (QED) is 0.570. The van der Waals surface area contributed by atoms with Crippen molar-refractivity contribution in [3.05, 3.63) is 80.1 Å². The van der Waals surface area contributed by atoms with Gasteiger partial charge in [0.25, 0.3) is 5.91 Å². The van der Waals surface area contributed by atoms with Crippen LogP contribution in [0.2, 0.25) is 5.02 Å². The zero-order valence-corrected chi connectivity index (χ0v) is 19.5. The molecule has 0 aliphatic carbocycles. The number of fused-ring (bicyclic) bond motifs is 1. The van der Waals surface area contributed by atoms with Gasteiger partial charge in [-0.05, 0) is 41.6 Å². The van der Waals surface area contributed by atoms with Crippen LogP contribution in [0.3, 0.4) is 0 Å². The largest absolute Gasteiger partial charge is 0.379 e. The van der Waals surface area contributed by atoms with Gasteiger partial charge in [0.2, 0.25) is 5.43 Å². The Kier molecular flexibility index (Phi) is 7.20. The SMILES string of the molecule is CSCn1c(Cc2ccc(Cl)cc2)c(C(N)=O)c(=O)c2cc(CN3CCOCC3)ccc21. The number of ether oxygens (including phenoxy) is 1. The van der Waals surface area contributed by atoms with Gasteiger partial charge in [-0.25, -0.2) is 0 Å². The van der Waals surface area contributed by atoms with Crippen molar-refractivity contribution < 1.29 is 9.53 Å². The fourth-order valence-corrected chi connectivity index (χ4v) is 4.85. The molecule has 1 amide bonds. The highest BCUT2D eigenvalue weighted by molar-refractivity contribution is 7.97. The summed E-state index contributed by atoms with van der Waals surface area (Å²) >= 11 is 7.64. The van der Waals surface area contributed by atoms with E-state index in [4.69, 9.17) is 22.1 Å². The number of hydrogen-bond donors (Lipinski definition) is 1. The van der Waals surface area contributed by atoms with E-state index in [1.54, 1.807) is 23.9 Å². The number of rotatable bonds is 7. The van der Waals surface area contributed by atoms with Gasteiger partial charge < -0.3 is 15.0 Å². The normalized spacial score (nSPS) is 14.7. The number of nitrogens with zero attached hydrogens (tertiary/aromatic N) is 2. The van der Waals surface area contributed by atoms with Crippen LogP contribution in [0.4, 0.5) is 0 Å². The third kappa shape index (κ3) is 4.86. The molecule has 32 heavy (non-hydrogen) atoms. The zero-order valence-electron chi connectivity index (χ0n) is 18.0. The molecule has 0 atom stereocenters. The molecule has 1 saturated heterocycles. The van der Waals surface area contributed by atoms with Crippen molar-refractivity contribution in [2.45, 2.75) is 18.8 Å². The predicted octanol–water partition coefficient (Wildman–Crippen LogP) is 3.50. The van der Waals surface area contributed by atoms with Crippen LogP contribution in [0.15, 0.2) is 47.3 Å². The fraction of sp³-hybridized carbons (Fsp3) is 0.333. The summed E-state index contributed by atoms with van der Waals surface area (Å²) in [5.74, 6) is -0.0997. The number of aromatic nitrogens is 1. The van der Waals surface area contributed by atoms with E-state index in [0.29, 0.717) is 41.6 Å². The lowest BCUT2D eigenvalue weighted by atomic mass is 10.00. The van der Waals surface area contributed by atoms with E-state index in [-0.39, 0.29) is 11.0 Å². The maximum absolute atomic E-state index is 13.5.